The molecule has 2 rings (SSSR count). The van der Waals surface area contributed by atoms with Gasteiger partial charge in [0.25, 0.3) is 0 Å². The fraction of sp³-hybridized carbons (Fsp3) is 0.294. The molecule has 0 aliphatic heterocycles. The molecule has 1 unspecified atom stereocenters. The number of benzene rings is 2. The molecule has 1 N–H and O–H groups in total. The number of likely N-dealkylation sites (N-methyl/N-ethyl adjacent to an activating group) is 1. The minimum Gasteiger partial charge on any atom is -0.310 e. The summed E-state index contributed by atoms with van der Waals surface area (Å²) in [6.07, 6.45) is 0.558. The van der Waals surface area contributed by atoms with Crippen LogP contribution in [-0.2, 0) is 6.42 Å². The predicted molar refractivity (Wildman–Crippen MR) is 90.4 cm³/mol. The van der Waals surface area contributed by atoms with Crippen LogP contribution >= 0.6 is 22.6 Å². The van der Waals surface area contributed by atoms with Gasteiger partial charge in [-0.1, -0.05) is 25.1 Å². The molecule has 1 atom stereocenters. The van der Waals surface area contributed by atoms with Gasteiger partial charge < -0.3 is 5.32 Å². The zero-order valence-electron chi connectivity index (χ0n) is 12.1. The van der Waals surface area contributed by atoms with Crippen LogP contribution in [0, 0.1) is 22.1 Å². The van der Waals surface area contributed by atoms with E-state index in [0.29, 0.717) is 12.0 Å². The molecule has 21 heavy (non-hydrogen) atoms. The molecule has 2 aromatic carbocycles. The number of rotatable bonds is 5. The molecule has 1 nitrogen and oxygen atoms in total. The maximum absolute atomic E-state index is 13.3. The van der Waals surface area contributed by atoms with Crippen molar-refractivity contribution in [2.45, 2.75) is 26.3 Å². The Morgan fingerprint density at radius 3 is 2.43 bits per heavy atom. The lowest BCUT2D eigenvalue weighted by molar-refractivity contribution is 0.537. The van der Waals surface area contributed by atoms with E-state index in [2.05, 4.69) is 47.0 Å². The largest absolute Gasteiger partial charge is 0.310 e. The third-order valence-corrected chi connectivity index (χ3v) is 4.88. The van der Waals surface area contributed by atoms with E-state index in [0.717, 1.165) is 12.6 Å². The molecule has 0 aliphatic rings. The first-order valence-electron chi connectivity index (χ1n) is 6.94. The van der Waals surface area contributed by atoms with Crippen molar-refractivity contribution in [3.05, 3.63) is 68.3 Å². The average molecular weight is 401 g/mol. The molecule has 0 amide bonds. The number of hydrogen-bond acceptors (Lipinski definition) is 1. The molecule has 0 aliphatic carbocycles. The number of halogens is 3. The summed E-state index contributed by atoms with van der Waals surface area (Å²) < 4.78 is 27.9. The second kappa shape index (κ2) is 7.31. The molecule has 0 fully saturated rings. The summed E-state index contributed by atoms with van der Waals surface area (Å²) in [7, 11) is 0. The van der Waals surface area contributed by atoms with E-state index < -0.39 is 11.6 Å². The Morgan fingerprint density at radius 2 is 1.81 bits per heavy atom. The lowest BCUT2D eigenvalue weighted by Crippen LogP contribution is -2.24. The average Bonchev–Trinajstić information content (AvgIpc) is 2.40. The Kier molecular flexibility index (Phi) is 5.70. The van der Waals surface area contributed by atoms with Crippen molar-refractivity contribution in [1.29, 1.82) is 0 Å². The maximum atomic E-state index is 13.3. The van der Waals surface area contributed by atoms with Crippen LogP contribution in [0.4, 0.5) is 8.78 Å². The fourth-order valence-corrected chi connectivity index (χ4v) is 3.18. The summed E-state index contributed by atoms with van der Waals surface area (Å²) in [5.41, 5.74) is 3.04. The highest BCUT2D eigenvalue weighted by Gasteiger charge is 2.16. The Labute approximate surface area is 137 Å². The van der Waals surface area contributed by atoms with Crippen molar-refractivity contribution < 1.29 is 8.78 Å². The first kappa shape index (κ1) is 16.4. The molecule has 0 spiro atoms. The van der Waals surface area contributed by atoms with E-state index in [1.54, 1.807) is 0 Å². The summed E-state index contributed by atoms with van der Waals surface area (Å²) in [6.45, 7) is 4.89. The summed E-state index contributed by atoms with van der Waals surface area (Å²) in [4.78, 5) is 0. The third kappa shape index (κ3) is 4.23. The highest BCUT2D eigenvalue weighted by molar-refractivity contribution is 14.1. The van der Waals surface area contributed by atoms with Crippen LogP contribution in [0.3, 0.4) is 0 Å². The van der Waals surface area contributed by atoms with Gasteiger partial charge in [-0.25, -0.2) is 8.78 Å². The molecule has 0 saturated heterocycles. The first-order valence-corrected chi connectivity index (χ1v) is 8.02. The minimum atomic E-state index is -0.529. The monoisotopic (exact) mass is 401 g/mol. The molecule has 112 valence electrons. The number of hydrogen-bond donors (Lipinski definition) is 1. The molecular weight excluding hydrogens is 383 g/mol. The maximum Gasteiger partial charge on any atom is 0.126 e. The lowest BCUT2D eigenvalue weighted by Gasteiger charge is -2.21. The standard InChI is InChI=1S/C17H18F2IN/c1-3-21-16(15-6-4-5-11(2)17(15)20)9-12-7-13(18)10-14(19)8-12/h4-8,10,16,21H,3,9H2,1-2H3. The minimum absolute atomic E-state index is 0.0444. The van der Waals surface area contributed by atoms with E-state index in [9.17, 15) is 8.78 Å². The van der Waals surface area contributed by atoms with E-state index >= 15 is 0 Å². The summed E-state index contributed by atoms with van der Waals surface area (Å²) >= 11 is 2.33. The van der Waals surface area contributed by atoms with Gasteiger partial charge in [0.2, 0.25) is 0 Å². The van der Waals surface area contributed by atoms with Crippen molar-refractivity contribution in [2.75, 3.05) is 6.54 Å². The van der Waals surface area contributed by atoms with Crippen molar-refractivity contribution in [1.82, 2.24) is 5.32 Å². The van der Waals surface area contributed by atoms with Gasteiger partial charge in [-0.05, 0) is 71.3 Å². The Hall–Kier alpha value is -1.01. The second-order valence-electron chi connectivity index (χ2n) is 5.07. The van der Waals surface area contributed by atoms with Gasteiger partial charge in [0, 0.05) is 15.7 Å². The quantitative estimate of drug-likeness (QED) is 0.712. The Morgan fingerprint density at radius 1 is 1.14 bits per heavy atom. The molecule has 0 saturated carbocycles. The molecule has 0 heterocycles. The summed E-state index contributed by atoms with van der Waals surface area (Å²) in [5, 5.41) is 3.40. The van der Waals surface area contributed by atoms with Crippen LogP contribution in [0.1, 0.15) is 29.7 Å². The predicted octanol–water partition coefficient (Wildman–Crippen LogP) is 4.77. The second-order valence-corrected chi connectivity index (χ2v) is 6.15. The SMILES string of the molecule is CCNC(Cc1cc(F)cc(F)c1)c1cccc(C)c1I. The zero-order chi connectivity index (χ0) is 15.4. The first-order chi connectivity index (χ1) is 10.0. The van der Waals surface area contributed by atoms with Gasteiger partial charge in [0.15, 0.2) is 0 Å². The van der Waals surface area contributed by atoms with Crippen molar-refractivity contribution >= 4 is 22.6 Å². The Balaban J connectivity index is 2.32. The number of aryl methyl sites for hydroxylation is 1. The van der Waals surface area contributed by atoms with Crippen LogP contribution < -0.4 is 5.32 Å². The van der Waals surface area contributed by atoms with Crippen molar-refractivity contribution in [3.8, 4) is 0 Å². The lowest BCUT2D eigenvalue weighted by atomic mass is 9.97. The topological polar surface area (TPSA) is 12.0 Å². The van der Waals surface area contributed by atoms with Crippen LogP contribution in [0.5, 0.6) is 0 Å². The highest BCUT2D eigenvalue weighted by Crippen LogP contribution is 2.26. The van der Waals surface area contributed by atoms with E-state index in [-0.39, 0.29) is 6.04 Å². The smallest absolute Gasteiger partial charge is 0.126 e. The van der Waals surface area contributed by atoms with Crippen molar-refractivity contribution in [2.24, 2.45) is 0 Å². The fourth-order valence-electron chi connectivity index (χ4n) is 2.44. The summed E-state index contributed by atoms with van der Waals surface area (Å²) in [5.74, 6) is -1.06. The van der Waals surface area contributed by atoms with Gasteiger partial charge in [-0.2, -0.15) is 0 Å². The molecule has 4 heteroatoms. The molecule has 2 aromatic rings. The molecule has 0 bridgehead atoms. The van der Waals surface area contributed by atoms with Crippen molar-refractivity contribution in [3.63, 3.8) is 0 Å². The molecular formula is C17H18F2IN. The van der Waals surface area contributed by atoms with Gasteiger partial charge in [0.05, 0.1) is 0 Å². The Bertz CT molecular complexity index is 608. The summed E-state index contributed by atoms with van der Waals surface area (Å²) in [6, 6.07) is 9.90. The third-order valence-electron chi connectivity index (χ3n) is 3.41. The van der Waals surface area contributed by atoms with E-state index in [4.69, 9.17) is 0 Å². The zero-order valence-corrected chi connectivity index (χ0v) is 14.2. The van der Waals surface area contributed by atoms with Gasteiger partial charge in [-0.15, -0.1) is 0 Å². The van der Waals surface area contributed by atoms with E-state index in [1.807, 2.05) is 13.0 Å². The van der Waals surface area contributed by atoms with Crippen LogP contribution in [0.15, 0.2) is 36.4 Å². The molecule has 0 aromatic heterocycles. The van der Waals surface area contributed by atoms with Crippen LogP contribution in [-0.4, -0.2) is 6.54 Å². The normalized spacial score (nSPS) is 12.4. The van der Waals surface area contributed by atoms with Crippen LogP contribution in [0.25, 0.3) is 0 Å². The van der Waals surface area contributed by atoms with Gasteiger partial charge >= 0.3 is 0 Å². The van der Waals surface area contributed by atoms with E-state index in [1.165, 1.54) is 26.8 Å². The van der Waals surface area contributed by atoms with Gasteiger partial charge in [0.1, 0.15) is 11.6 Å². The molecule has 0 radical (unpaired) electrons. The number of nitrogens with one attached hydrogen (secondary N) is 1. The van der Waals surface area contributed by atoms with Crippen LogP contribution in [0.2, 0.25) is 0 Å². The highest BCUT2D eigenvalue weighted by atomic mass is 127. The van der Waals surface area contributed by atoms with Gasteiger partial charge in [-0.3, -0.25) is 0 Å².